The highest BCUT2D eigenvalue weighted by atomic mass is 35.5. The van der Waals surface area contributed by atoms with E-state index in [0.29, 0.717) is 31.3 Å². The number of ether oxygens (including phenoxy) is 1. The molecule has 1 heterocycles. The van der Waals surface area contributed by atoms with E-state index in [1.807, 2.05) is 0 Å². The Morgan fingerprint density at radius 1 is 1.58 bits per heavy atom. The maximum absolute atomic E-state index is 10.6. The Morgan fingerprint density at radius 2 is 2.37 bits per heavy atom. The van der Waals surface area contributed by atoms with Gasteiger partial charge >= 0.3 is 0 Å². The number of hydrogen-bond acceptors (Lipinski definition) is 5. The van der Waals surface area contributed by atoms with Gasteiger partial charge in [0.1, 0.15) is 0 Å². The molecule has 0 amide bonds. The summed E-state index contributed by atoms with van der Waals surface area (Å²) in [6, 6.07) is 4.39. The standard InChI is InChI=1S/C12H15ClN2O4/c13-12-5-10(15(17)18)2-1-9(12)6-14-3-4-19-8-11(14)7-16/h1-2,5,11,16H,3-4,6-8H2. The molecule has 0 aromatic heterocycles. The highest BCUT2D eigenvalue weighted by Crippen LogP contribution is 2.24. The molecule has 0 saturated carbocycles. The van der Waals surface area contributed by atoms with Crippen LogP contribution < -0.4 is 0 Å². The van der Waals surface area contributed by atoms with E-state index in [0.717, 1.165) is 5.56 Å². The van der Waals surface area contributed by atoms with Gasteiger partial charge in [0.15, 0.2) is 0 Å². The van der Waals surface area contributed by atoms with Crippen LogP contribution in [-0.4, -0.2) is 47.3 Å². The Morgan fingerprint density at radius 3 is 3.00 bits per heavy atom. The van der Waals surface area contributed by atoms with Crippen LogP contribution in [0.5, 0.6) is 0 Å². The second kappa shape index (κ2) is 6.29. The topological polar surface area (TPSA) is 75.8 Å². The van der Waals surface area contributed by atoms with Gasteiger partial charge in [-0.2, -0.15) is 0 Å². The molecule has 1 aromatic rings. The van der Waals surface area contributed by atoms with Crippen LogP contribution in [0.2, 0.25) is 5.02 Å². The number of nitro benzene ring substituents is 1. The van der Waals surface area contributed by atoms with E-state index in [1.54, 1.807) is 6.07 Å². The van der Waals surface area contributed by atoms with Crippen LogP contribution >= 0.6 is 11.6 Å². The third-order valence-electron chi connectivity index (χ3n) is 3.18. The highest BCUT2D eigenvalue weighted by Gasteiger charge is 2.23. The predicted molar refractivity (Wildman–Crippen MR) is 70.2 cm³/mol. The molecule has 0 spiro atoms. The van der Waals surface area contributed by atoms with E-state index in [-0.39, 0.29) is 18.3 Å². The van der Waals surface area contributed by atoms with E-state index in [4.69, 9.17) is 16.3 Å². The number of nitro groups is 1. The van der Waals surface area contributed by atoms with Crippen LogP contribution in [0.1, 0.15) is 5.56 Å². The molecule has 6 nitrogen and oxygen atoms in total. The quantitative estimate of drug-likeness (QED) is 0.669. The first-order valence-electron chi connectivity index (χ1n) is 5.97. The Hall–Kier alpha value is -1.21. The van der Waals surface area contributed by atoms with Gasteiger partial charge < -0.3 is 9.84 Å². The lowest BCUT2D eigenvalue weighted by Gasteiger charge is -2.34. The average Bonchev–Trinajstić information content (AvgIpc) is 2.41. The summed E-state index contributed by atoms with van der Waals surface area (Å²) in [6.45, 7) is 2.37. The largest absolute Gasteiger partial charge is 0.395 e. The van der Waals surface area contributed by atoms with Crippen molar-refractivity contribution in [1.82, 2.24) is 4.90 Å². The number of aliphatic hydroxyl groups is 1. The number of morpholine rings is 1. The fraction of sp³-hybridized carbons (Fsp3) is 0.500. The molecule has 7 heteroatoms. The predicted octanol–water partition coefficient (Wildman–Crippen LogP) is 1.44. The summed E-state index contributed by atoms with van der Waals surface area (Å²) < 4.78 is 5.30. The first kappa shape index (κ1) is 14.2. The van der Waals surface area contributed by atoms with Crippen molar-refractivity contribution in [2.45, 2.75) is 12.6 Å². The summed E-state index contributed by atoms with van der Waals surface area (Å²) >= 11 is 6.06. The van der Waals surface area contributed by atoms with Crippen LogP contribution in [0.25, 0.3) is 0 Å². The van der Waals surface area contributed by atoms with Crippen molar-refractivity contribution in [3.05, 3.63) is 38.9 Å². The minimum Gasteiger partial charge on any atom is -0.395 e. The zero-order valence-electron chi connectivity index (χ0n) is 10.3. The summed E-state index contributed by atoms with van der Waals surface area (Å²) in [6.07, 6.45) is 0. The molecule has 1 aliphatic heterocycles. The second-order valence-corrected chi connectivity index (χ2v) is 4.82. The maximum atomic E-state index is 10.6. The van der Waals surface area contributed by atoms with Crippen LogP contribution in [0, 0.1) is 10.1 Å². The molecule has 1 saturated heterocycles. The Kier molecular flexibility index (Phi) is 4.71. The first-order chi connectivity index (χ1) is 9.11. The van der Waals surface area contributed by atoms with Crippen molar-refractivity contribution in [2.24, 2.45) is 0 Å². The van der Waals surface area contributed by atoms with Crippen LogP contribution in [0.15, 0.2) is 18.2 Å². The lowest BCUT2D eigenvalue weighted by molar-refractivity contribution is -0.384. The molecule has 1 aromatic carbocycles. The fourth-order valence-corrected chi connectivity index (χ4v) is 2.30. The lowest BCUT2D eigenvalue weighted by atomic mass is 10.1. The van der Waals surface area contributed by atoms with E-state index in [9.17, 15) is 15.2 Å². The van der Waals surface area contributed by atoms with Crippen molar-refractivity contribution in [1.29, 1.82) is 0 Å². The molecule has 2 rings (SSSR count). The van der Waals surface area contributed by atoms with Gasteiger partial charge in [-0.3, -0.25) is 15.0 Å². The second-order valence-electron chi connectivity index (χ2n) is 4.41. The summed E-state index contributed by atoms with van der Waals surface area (Å²) in [5.74, 6) is 0. The van der Waals surface area contributed by atoms with E-state index < -0.39 is 4.92 Å². The number of nitrogens with zero attached hydrogens (tertiary/aromatic N) is 2. The smallest absolute Gasteiger partial charge is 0.270 e. The lowest BCUT2D eigenvalue weighted by Crippen LogP contribution is -2.46. The van der Waals surface area contributed by atoms with Crippen molar-refractivity contribution >= 4 is 17.3 Å². The number of aliphatic hydroxyl groups excluding tert-OH is 1. The number of rotatable bonds is 4. The van der Waals surface area contributed by atoms with Gasteiger partial charge in [-0.1, -0.05) is 11.6 Å². The van der Waals surface area contributed by atoms with Gasteiger partial charge in [-0.15, -0.1) is 0 Å². The Bertz CT molecular complexity index is 469. The van der Waals surface area contributed by atoms with Crippen LogP contribution in [0.4, 0.5) is 5.69 Å². The molecular weight excluding hydrogens is 272 g/mol. The zero-order valence-corrected chi connectivity index (χ0v) is 11.0. The minimum atomic E-state index is -0.471. The van der Waals surface area contributed by atoms with E-state index in [1.165, 1.54) is 12.1 Å². The van der Waals surface area contributed by atoms with Gasteiger partial charge in [0.05, 0.1) is 35.8 Å². The van der Waals surface area contributed by atoms with E-state index >= 15 is 0 Å². The average molecular weight is 287 g/mol. The SMILES string of the molecule is O=[N+]([O-])c1ccc(CN2CCOCC2CO)c(Cl)c1. The Balaban J connectivity index is 2.11. The molecule has 0 aliphatic carbocycles. The normalized spacial score (nSPS) is 20.4. The molecule has 1 aliphatic rings. The number of halogens is 1. The van der Waals surface area contributed by atoms with Crippen LogP contribution in [-0.2, 0) is 11.3 Å². The number of non-ortho nitro benzene ring substituents is 1. The maximum Gasteiger partial charge on any atom is 0.270 e. The fourth-order valence-electron chi connectivity index (χ4n) is 2.06. The van der Waals surface area contributed by atoms with Crippen molar-refractivity contribution in [3.63, 3.8) is 0 Å². The summed E-state index contributed by atoms with van der Waals surface area (Å²) in [5, 5.41) is 20.3. The van der Waals surface area contributed by atoms with Gasteiger partial charge in [-0.25, -0.2) is 0 Å². The zero-order chi connectivity index (χ0) is 13.8. The third kappa shape index (κ3) is 3.42. The summed E-state index contributed by atoms with van der Waals surface area (Å²) in [5.41, 5.74) is 0.794. The van der Waals surface area contributed by atoms with Gasteiger partial charge in [0.2, 0.25) is 0 Å². The monoisotopic (exact) mass is 286 g/mol. The van der Waals surface area contributed by atoms with Crippen molar-refractivity contribution < 1.29 is 14.8 Å². The molecule has 19 heavy (non-hydrogen) atoms. The molecule has 104 valence electrons. The third-order valence-corrected chi connectivity index (χ3v) is 3.53. The molecule has 1 unspecified atom stereocenters. The van der Waals surface area contributed by atoms with Gasteiger partial charge in [0, 0.05) is 25.2 Å². The van der Waals surface area contributed by atoms with Crippen molar-refractivity contribution in [3.8, 4) is 0 Å². The molecule has 0 radical (unpaired) electrons. The first-order valence-corrected chi connectivity index (χ1v) is 6.35. The van der Waals surface area contributed by atoms with Crippen molar-refractivity contribution in [2.75, 3.05) is 26.4 Å². The number of benzene rings is 1. The van der Waals surface area contributed by atoms with E-state index in [2.05, 4.69) is 4.90 Å². The molecule has 0 bridgehead atoms. The Labute approximate surface area is 115 Å². The minimum absolute atomic E-state index is 0.0185. The molecule has 1 N–H and O–H groups in total. The molecule has 1 atom stereocenters. The molecule has 1 fully saturated rings. The molecular formula is C12H15ClN2O4. The number of hydrogen-bond donors (Lipinski definition) is 1. The highest BCUT2D eigenvalue weighted by molar-refractivity contribution is 6.31. The van der Waals surface area contributed by atoms with Gasteiger partial charge in [-0.05, 0) is 11.6 Å². The van der Waals surface area contributed by atoms with Gasteiger partial charge in [0.25, 0.3) is 5.69 Å². The summed E-state index contributed by atoms with van der Waals surface area (Å²) in [7, 11) is 0. The summed E-state index contributed by atoms with van der Waals surface area (Å²) in [4.78, 5) is 12.2. The van der Waals surface area contributed by atoms with Crippen LogP contribution in [0.3, 0.4) is 0 Å².